The van der Waals surface area contributed by atoms with Gasteiger partial charge < -0.3 is 5.11 Å². The maximum Gasteiger partial charge on any atom is 0.336 e. The van der Waals surface area contributed by atoms with Crippen molar-refractivity contribution in [3.05, 3.63) is 47.4 Å². The van der Waals surface area contributed by atoms with E-state index in [4.69, 9.17) is 0 Å². The zero-order valence-corrected chi connectivity index (χ0v) is 13.5. The van der Waals surface area contributed by atoms with Crippen LogP contribution in [0.4, 0.5) is 0 Å². The van der Waals surface area contributed by atoms with Crippen molar-refractivity contribution in [3.63, 3.8) is 0 Å². The number of nitrogens with zero attached hydrogens (tertiary/aromatic N) is 3. The van der Waals surface area contributed by atoms with Gasteiger partial charge in [0, 0.05) is 5.56 Å². The second-order valence-electron chi connectivity index (χ2n) is 6.07. The molecule has 1 unspecified atom stereocenters. The highest BCUT2D eigenvalue weighted by Crippen LogP contribution is 2.31. The van der Waals surface area contributed by atoms with Crippen LogP contribution >= 0.6 is 0 Å². The van der Waals surface area contributed by atoms with E-state index in [-0.39, 0.29) is 11.6 Å². The molecule has 0 bridgehead atoms. The van der Waals surface area contributed by atoms with Gasteiger partial charge in [-0.15, -0.1) is 0 Å². The largest absolute Gasteiger partial charge is 0.478 e. The Morgan fingerprint density at radius 3 is 2.78 bits per heavy atom. The van der Waals surface area contributed by atoms with E-state index in [0.29, 0.717) is 17.1 Å². The third-order valence-electron chi connectivity index (χ3n) is 4.40. The molecule has 1 atom stereocenters. The van der Waals surface area contributed by atoms with Crippen LogP contribution < -0.4 is 0 Å². The number of carboxylic acids is 1. The summed E-state index contributed by atoms with van der Waals surface area (Å²) in [4.78, 5) is 22.9. The topological polar surface area (TPSA) is 66.3 Å². The summed E-state index contributed by atoms with van der Waals surface area (Å²) in [6, 6.07) is 9.21. The molecule has 5 heteroatoms. The Kier molecular flexibility index (Phi) is 4.39. The van der Waals surface area contributed by atoms with E-state index in [1.54, 1.807) is 18.2 Å². The lowest BCUT2D eigenvalue weighted by Crippen LogP contribution is -2.30. The molecule has 1 fully saturated rings. The summed E-state index contributed by atoms with van der Waals surface area (Å²) in [7, 11) is 2.12. The Morgan fingerprint density at radius 1 is 1.26 bits per heavy atom. The number of rotatable bonds is 3. The number of aromatic nitrogens is 2. The molecule has 0 saturated carbocycles. The highest BCUT2D eigenvalue weighted by molar-refractivity contribution is 5.95. The molecule has 3 rings (SSSR count). The predicted molar refractivity (Wildman–Crippen MR) is 88.4 cm³/mol. The molecular weight excluding hydrogens is 290 g/mol. The van der Waals surface area contributed by atoms with Crippen LogP contribution in [0.1, 0.15) is 47.2 Å². The van der Waals surface area contributed by atoms with Crippen molar-refractivity contribution in [3.8, 4) is 11.3 Å². The van der Waals surface area contributed by atoms with E-state index >= 15 is 0 Å². The molecule has 0 radical (unpaired) electrons. The predicted octanol–water partition coefficient (Wildman–Crippen LogP) is 3.31. The average Bonchev–Trinajstić information content (AvgIpc) is 2.54. The van der Waals surface area contributed by atoms with Crippen LogP contribution in [0.3, 0.4) is 0 Å². The smallest absolute Gasteiger partial charge is 0.336 e. The fourth-order valence-corrected chi connectivity index (χ4v) is 3.24. The van der Waals surface area contributed by atoms with Crippen LogP contribution in [0.5, 0.6) is 0 Å². The van der Waals surface area contributed by atoms with Gasteiger partial charge in [-0.2, -0.15) is 0 Å². The van der Waals surface area contributed by atoms with Gasteiger partial charge in [-0.1, -0.05) is 24.6 Å². The standard InChI is InChI=1S/C18H21N3O2/c1-12-19-15(13-7-3-4-8-14(13)18(22)23)11-16(20-12)17-9-5-6-10-21(17)2/h3-4,7-8,11,17H,5-6,9-10H2,1-2H3,(H,22,23). The molecule has 1 aromatic carbocycles. The SMILES string of the molecule is Cc1nc(-c2ccccc2C(=O)O)cc(C2CCCCN2C)n1. The lowest BCUT2D eigenvalue weighted by atomic mass is 9.97. The van der Waals surface area contributed by atoms with Crippen LogP contribution in [0.25, 0.3) is 11.3 Å². The van der Waals surface area contributed by atoms with Crippen molar-refractivity contribution >= 4 is 5.97 Å². The van der Waals surface area contributed by atoms with Gasteiger partial charge in [-0.25, -0.2) is 14.8 Å². The van der Waals surface area contributed by atoms with Crippen molar-refractivity contribution in [2.45, 2.75) is 32.2 Å². The lowest BCUT2D eigenvalue weighted by molar-refractivity contribution is 0.0697. The van der Waals surface area contributed by atoms with E-state index in [2.05, 4.69) is 21.9 Å². The zero-order chi connectivity index (χ0) is 16.4. The van der Waals surface area contributed by atoms with Gasteiger partial charge in [-0.05, 0) is 45.5 Å². The van der Waals surface area contributed by atoms with Crippen molar-refractivity contribution < 1.29 is 9.90 Å². The van der Waals surface area contributed by atoms with Gasteiger partial charge in [0.05, 0.1) is 23.0 Å². The first-order valence-corrected chi connectivity index (χ1v) is 7.95. The molecule has 2 aromatic rings. The minimum atomic E-state index is -0.937. The second kappa shape index (κ2) is 6.46. The highest BCUT2D eigenvalue weighted by Gasteiger charge is 2.23. The fourth-order valence-electron chi connectivity index (χ4n) is 3.24. The summed E-state index contributed by atoms with van der Waals surface area (Å²) < 4.78 is 0. The molecular formula is C18H21N3O2. The summed E-state index contributed by atoms with van der Waals surface area (Å²) in [6.45, 7) is 2.92. The Hall–Kier alpha value is -2.27. The fraction of sp³-hybridized carbons (Fsp3) is 0.389. The van der Waals surface area contributed by atoms with E-state index < -0.39 is 5.97 Å². The van der Waals surface area contributed by atoms with E-state index in [1.165, 1.54) is 12.8 Å². The summed E-state index contributed by atoms with van der Waals surface area (Å²) >= 11 is 0. The lowest BCUT2D eigenvalue weighted by Gasteiger charge is -2.32. The number of aromatic carboxylic acids is 1. The van der Waals surface area contributed by atoms with Crippen molar-refractivity contribution in [2.75, 3.05) is 13.6 Å². The van der Waals surface area contributed by atoms with Crippen LogP contribution in [0, 0.1) is 6.92 Å². The Balaban J connectivity index is 2.06. The first-order chi connectivity index (χ1) is 11.1. The number of piperidine rings is 1. The maximum atomic E-state index is 11.5. The Bertz CT molecular complexity index is 730. The molecule has 1 saturated heterocycles. The molecule has 5 nitrogen and oxygen atoms in total. The number of benzene rings is 1. The van der Waals surface area contributed by atoms with Gasteiger partial charge in [0.25, 0.3) is 0 Å². The van der Waals surface area contributed by atoms with Crippen molar-refractivity contribution in [1.82, 2.24) is 14.9 Å². The number of hydrogen-bond acceptors (Lipinski definition) is 4. The molecule has 0 spiro atoms. The molecule has 1 aliphatic heterocycles. The third kappa shape index (κ3) is 3.24. The first kappa shape index (κ1) is 15.6. The van der Waals surface area contributed by atoms with Gasteiger partial charge in [-0.3, -0.25) is 4.90 Å². The van der Waals surface area contributed by atoms with Gasteiger partial charge in [0.2, 0.25) is 0 Å². The average molecular weight is 311 g/mol. The monoisotopic (exact) mass is 311 g/mol. The molecule has 1 N–H and O–H groups in total. The summed E-state index contributed by atoms with van der Waals surface area (Å²) in [5, 5.41) is 9.40. The number of aryl methyl sites for hydroxylation is 1. The second-order valence-corrected chi connectivity index (χ2v) is 6.07. The van der Waals surface area contributed by atoms with Gasteiger partial charge >= 0.3 is 5.97 Å². The number of likely N-dealkylation sites (tertiary alicyclic amines) is 1. The van der Waals surface area contributed by atoms with Gasteiger partial charge in [0.15, 0.2) is 0 Å². The minimum absolute atomic E-state index is 0.272. The van der Waals surface area contributed by atoms with E-state index in [0.717, 1.165) is 18.7 Å². The third-order valence-corrected chi connectivity index (χ3v) is 4.40. The van der Waals surface area contributed by atoms with Crippen molar-refractivity contribution in [1.29, 1.82) is 0 Å². The summed E-state index contributed by atoms with van der Waals surface area (Å²) in [5.41, 5.74) is 2.58. The zero-order valence-electron chi connectivity index (χ0n) is 13.5. The molecule has 2 heterocycles. The summed E-state index contributed by atoms with van der Waals surface area (Å²) in [5.74, 6) is -0.259. The van der Waals surface area contributed by atoms with E-state index in [1.807, 2.05) is 19.1 Å². The molecule has 0 amide bonds. The molecule has 0 aliphatic carbocycles. The highest BCUT2D eigenvalue weighted by atomic mass is 16.4. The van der Waals surface area contributed by atoms with Crippen molar-refractivity contribution in [2.24, 2.45) is 0 Å². The maximum absolute atomic E-state index is 11.5. The number of carbonyl (C=O) groups is 1. The minimum Gasteiger partial charge on any atom is -0.478 e. The number of hydrogen-bond donors (Lipinski definition) is 1. The number of carboxylic acid groups (broad SMARTS) is 1. The van der Waals surface area contributed by atoms with E-state index in [9.17, 15) is 9.90 Å². The molecule has 120 valence electrons. The molecule has 1 aromatic heterocycles. The Morgan fingerprint density at radius 2 is 2.04 bits per heavy atom. The quantitative estimate of drug-likeness (QED) is 0.942. The molecule has 1 aliphatic rings. The normalized spacial score (nSPS) is 18.8. The van der Waals surface area contributed by atoms with Crippen LogP contribution in [-0.2, 0) is 0 Å². The van der Waals surface area contributed by atoms with Crippen LogP contribution in [0.15, 0.2) is 30.3 Å². The molecule has 23 heavy (non-hydrogen) atoms. The first-order valence-electron chi connectivity index (χ1n) is 7.95. The summed E-state index contributed by atoms with van der Waals surface area (Å²) in [6.07, 6.45) is 3.48. The Labute approximate surface area is 136 Å². The van der Waals surface area contributed by atoms with Crippen LogP contribution in [-0.4, -0.2) is 39.5 Å². The van der Waals surface area contributed by atoms with Crippen LogP contribution in [0.2, 0.25) is 0 Å². The van der Waals surface area contributed by atoms with Gasteiger partial charge in [0.1, 0.15) is 5.82 Å².